The maximum atomic E-state index is 2.40. The van der Waals surface area contributed by atoms with Crippen LogP contribution in [0.25, 0.3) is 33.0 Å². The summed E-state index contributed by atoms with van der Waals surface area (Å²) in [4.78, 5) is 0. The molecule has 0 saturated heterocycles. The average molecular weight is 358 g/mol. The molecule has 0 unspecified atom stereocenters. The molecule has 0 nitrogen and oxygen atoms in total. The molecule has 3 aromatic carbocycles. The first-order valence-corrected chi connectivity index (χ1v) is 7.74. The predicted octanol–water partition coefficient (Wildman–Crippen LogP) is 6.12. The minimum absolute atomic E-state index is 1.30. The SMILES string of the molecule is CC.Ic1cc2c3c(cccc3c1)-c1ccccc1-2. The van der Waals surface area contributed by atoms with Gasteiger partial charge in [-0.2, -0.15) is 0 Å². The summed E-state index contributed by atoms with van der Waals surface area (Å²) in [5.74, 6) is 0. The first-order valence-electron chi connectivity index (χ1n) is 6.67. The van der Waals surface area contributed by atoms with E-state index in [1.54, 1.807) is 0 Å². The minimum Gasteiger partial charge on any atom is -0.0683 e. The lowest BCUT2D eigenvalue weighted by Crippen LogP contribution is -1.78. The van der Waals surface area contributed by atoms with Gasteiger partial charge in [-0.05, 0) is 67.7 Å². The Balaban J connectivity index is 0.000000528. The van der Waals surface area contributed by atoms with Crippen molar-refractivity contribution in [3.63, 3.8) is 0 Å². The van der Waals surface area contributed by atoms with Gasteiger partial charge in [0.25, 0.3) is 0 Å². The normalized spacial score (nSPS) is 10.9. The van der Waals surface area contributed by atoms with Crippen molar-refractivity contribution in [2.24, 2.45) is 0 Å². The maximum Gasteiger partial charge on any atom is 0.0142 e. The van der Waals surface area contributed by atoms with E-state index < -0.39 is 0 Å². The third-order valence-electron chi connectivity index (χ3n) is 3.45. The van der Waals surface area contributed by atoms with Gasteiger partial charge in [0.15, 0.2) is 0 Å². The van der Waals surface area contributed by atoms with Gasteiger partial charge >= 0.3 is 0 Å². The van der Waals surface area contributed by atoms with Crippen LogP contribution in [0.15, 0.2) is 54.6 Å². The lowest BCUT2D eigenvalue weighted by Gasteiger charge is -2.02. The molecule has 0 amide bonds. The van der Waals surface area contributed by atoms with Crippen molar-refractivity contribution < 1.29 is 0 Å². The molecule has 0 radical (unpaired) electrons. The quantitative estimate of drug-likeness (QED) is 0.332. The minimum atomic E-state index is 1.30. The summed E-state index contributed by atoms with van der Waals surface area (Å²) in [6.45, 7) is 4.00. The van der Waals surface area contributed by atoms with E-state index in [0.29, 0.717) is 0 Å². The number of benzene rings is 3. The van der Waals surface area contributed by atoms with Crippen molar-refractivity contribution >= 4 is 33.4 Å². The molecular weight excluding hydrogens is 343 g/mol. The molecule has 0 N–H and O–H groups in total. The highest BCUT2D eigenvalue weighted by molar-refractivity contribution is 14.1. The molecule has 1 aliphatic rings. The fourth-order valence-corrected chi connectivity index (χ4v) is 3.43. The maximum absolute atomic E-state index is 2.40. The summed E-state index contributed by atoms with van der Waals surface area (Å²) in [6, 6.07) is 19.8. The van der Waals surface area contributed by atoms with E-state index in [1.165, 1.54) is 36.6 Å². The lowest BCUT2D eigenvalue weighted by molar-refractivity contribution is 1.50. The molecule has 0 bridgehead atoms. The van der Waals surface area contributed by atoms with Gasteiger partial charge in [0.1, 0.15) is 0 Å². The van der Waals surface area contributed by atoms with Crippen LogP contribution in [0, 0.1) is 3.57 Å². The molecule has 94 valence electrons. The number of fused-ring (bicyclic) bond motifs is 3. The van der Waals surface area contributed by atoms with Crippen molar-refractivity contribution in [2.75, 3.05) is 0 Å². The predicted molar refractivity (Wildman–Crippen MR) is 92.4 cm³/mol. The fourth-order valence-electron chi connectivity index (χ4n) is 2.78. The van der Waals surface area contributed by atoms with Gasteiger partial charge in [0.05, 0.1) is 0 Å². The van der Waals surface area contributed by atoms with E-state index in [2.05, 4.69) is 77.2 Å². The smallest absolute Gasteiger partial charge is 0.0142 e. The summed E-state index contributed by atoms with van der Waals surface area (Å²) in [6.07, 6.45) is 0. The van der Waals surface area contributed by atoms with Gasteiger partial charge in [-0.15, -0.1) is 0 Å². The highest BCUT2D eigenvalue weighted by atomic mass is 127. The number of hydrogen-bond donors (Lipinski definition) is 0. The van der Waals surface area contributed by atoms with Crippen molar-refractivity contribution in [1.82, 2.24) is 0 Å². The van der Waals surface area contributed by atoms with Crippen LogP contribution in [-0.2, 0) is 0 Å². The molecule has 1 heteroatoms. The zero-order chi connectivity index (χ0) is 13.4. The number of hydrogen-bond acceptors (Lipinski definition) is 0. The molecule has 0 spiro atoms. The van der Waals surface area contributed by atoms with E-state index in [4.69, 9.17) is 0 Å². The second-order valence-corrected chi connectivity index (χ2v) is 5.65. The Morgan fingerprint density at radius 2 is 1.32 bits per heavy atom. The van der Waals surface area contributed by atoms with Crippen LogP contribution >= 0.6 is 22.6 Å². The Morgan fingerprint density at radius 3 is 2.05 bits per heavy atom. The first-order chi connectivity index (χ1) is 9.34. The summed E-state index contributed by atoms with van der Waals surface area (Å²) in [5.41, 5.74) is 5.51. The van der Waals surface area contributed by atoms with Crippen LogP contribution in [0.4, 0.5) is 0 Å². The van der Waals surface area contributed by atoms with E-state index in [-0.39, 0.29) is 0 Å². The zero-order valence-electron chi connectivity index (χ0n) is 11.1. The van der Waals surface area contributed by atoms with Gasteiger partial charge in [0.2, 0.25) is 0 Å². The van der Waals surface area contributed by atoms with Crippen LogP contribution in [0.5, 0.6) is 0 Å². The molecule has 19 heavy (non-hydrogen) atoms. The van der Waals surface area contributed by atoms with Crippen LogP contribution in [0.1, 0.15) is 13.8 Å². The van der Waals surface area contributed by atoms with Gasteiger partial charge in [-0.1, -0.05) is 56.3 Å². The molecule has 0 heterocycles. The highest BCUT2D eigenvalue weighted by Crippen LogP contribution is 2.47. The molecule has 1 aliphatic carbocycles. The molecule has 0 aliphatic heterocycles. The number of halogens is 1. The first kappa shape index (κ1) is 12.7. The molecule has 3 aromatic rings. The molecule has 4 rings (SSSR count). The number of rotatable bonds is 0. The van der Waals surface area contributed by atoms with E-state index in [0.717, 1.165) is 0 Å². The van der Waals surface area contributed by atoms with Crippen molar-refractivity contribution in [3.8, 4) is 22.3 Å². The Kier molecular flexibility index (Phi) is 3.31. The second kappa shape index (κ2) is 4.97. The van der Waals surface area contributed by atoms with Crippen molar-refractivity contribution in [1.29, 1.82) is 0 Å². The van der Waals surface area contributed by atoms with Gasteiger partial charge in [-0.25, -0.2) is 0 Å². The van der Waals surface area contributed by atoms with Crippen molar-refractivity contribution in [3.05, 3.63) is 58.2 Å². The van der Waals surface area contributed by atoms with E-state index in [9.17, 15) is 0 Å². The summed E-state index contributed by atoms with van der Waals surface area (Å²) in [5, 5.41) is 2.76. The summed E-state index contributed by atoms with van der Waals surface area (Å²) in [7, 11) is 0. The van der Waals surface area contributed by atoms with Gasteiger partial charge in [0, 0.05) is 3.57 Å². The third-order valence-corrected chi connectivity index (χ3v) is 4.07. The average Bonchev–Trinajstić information content (AvgIpc) is 2.78. The third kappa shape index (κ3) is 1.88. The monoisotopic (exact) mass is 358 g/mol. The second-order valence-electron chi connectivity index (χ2n) is 4.40. The van der Waals surface area contributed by atoms with Crippen LogP contribution < -0.4 is 0 Å². The Morgan fingerprint density at radius 1 is 0.684 bits per heavy atom. The Labute approximate surface area is 127 Å². The van der Waals surface area contributed by atoms with Crippen LogP contribution in [0.3, 0.4) is 0 Å². The molecule has 0 atom stereocenters. The molecule has 0 aromatic heterocycles. The van der Waals surface area contributed by atoms with Gasteiger partial charge < -0.3 is 0 Å². The lowest BCUT2D eigenvalue weighted by atomic mass is 10.0. The zero-order valence-corrected chi connectivity index (χ0v) is 13.2. The fraction of sp³-hybridized carbons (Fsp3) is 0.111. The Hall–Kier alpha value is -1.35. The standard InChI is InChI=1S/C16H9I.C2H6/c17-11-8-10-4-3-7-14-12-5-1-2-6-13(12)15(9-11)16(10)14;1-2/h1-9H;1-2H3. The van der Waals surface area contributed by atoms with E-state index in [1.807, 2.05) is 13.8 Å². The molecule has 0 fully saturated rings. The largest absolute Gasteiger partial charge is 0.0683 e. The molecular formula is C18H15I. The highest BCUT2D eigenvalue weighted by Gasteiger charge is 2.20. The molecule has 0 saturated carbocycles. The van der Waals surface area contributed by atoms with E-state index >= 15 is 0 Å². The topological polar surface area (TPSA) is 0 Å². The summed E-state index contributed by atoms with van der Waals surface area (Å²) < 4.78 is 1.30. The van der Waals surface area contributed by atoms with Crippen LogP contribution in [-0.4, -0.2) is 0 Å². The van der Waals surface area contributed by atoms with Gasteiger partial charge in [-0.3, -0.25) is 0 Å². The Bertz CT molecular complexity index is 757. The van der Waals surface area contributed by atoms with Crippen molar-refractivity contribution in [2.45, 2.75) is 13.8 Å². The summed E-state index contributed by atoms with van der Waals surface area (Å²) >= 11 is 2.40. The van der Waals surface area contributed by atoms with Crippen LogP contribution in [0.2, 0.25) is 0 Å².